The molecule has 7 heteroatoms. The molecule has 1 N–H and O–H groups in total. The molecule has 138 valence electrons. The Kier molecular flexibility index (Phi) is 5.00. The van der Waals surface area contributed by atoms with Crippen LogP contribution in [0.2, 0.25) is 0 Å². The van der Waals surface area contributed by atoms with Crippen LogP contribution in [0.5, 0.6) is 0 Å². The predicted molar refractivity (Wildman–Crippen MR) is 104 cm³/mol. The number of amides is 1. The number of aryl methyl sites for hydroxylation is 2. The fourth-order valence-corrected chi connectivity index (χ4v) is 4.99. The SMILES string of the molecule is Cc1cccc(C)c1NC(=O)c1ccnc(N(C)C2CCS(=O)(=O)C2)c1. The van der Waals surface area contributed by atoms with Crippen molar-refractivity contribution in [3.8, 4) is 0 Å². The Balaban J connectivity index is 1.80. The first-order valence-corrected chi connectivity index (χ1v) is 10.4. The molecule has 1 fully saturated rings. The summed E-state index contributed by atoms with van der Waals surface area (Å²) >= 11 is 0. The molecule has 1 aromatic carbocycles. The lowest BCUT2D eigenvalue weighted by atomic mass is 10.1. The Morgan fingerprint density at radius 2 is 1.92 bits per heavy atom. The van der Waals surface area contributed by atoms with Gasteiger partial charge in [-0.25, -0.2) is 13.4 Å². The van der Waals surface area contributed by atoms with Gasteiger partial charge in [0.2, 0.25) is 0 Å². The molecule has 0 bridgehead atoms. The summed E-state index contributed by atoms with van der Waals surface area (Å²) in [5, 5.41) is 2.96. The molecule has 0 spiro atoms. The summed E-state index contributed by atoms with van der Waals surface area (Å²) in [4.78, 5) is 18.8. The molecule has 1 aliphatic heterocycles. The van der Waals surface area contributed by atoms with Crippen molar-refractivity contribution in [3.05, 3.63) is 53.2 Å². The zero-order chi connectivity index (χ0) is 18.9. The van der Waals surface area contributed by atoms with E-state index in [1.54, 1.807) is 18.3 Å². The minimum Gasteiger partial charge on any atom is -0.356 e. The topological polar surface area (TPSA) is 79.4 Å². The highest BCUT2D eigenvalue weighted by molar-refractivity contribution is 7.91. The Hall–Kier alpha value is -2.41. The van der Waals surface area contributed by atoms with Crippen molar-refractivity contribution >= 4 is 27.2 Å². The first-order chi connectivity index (χ1) is 12.3. The minimum absolute atomic E-state index is 0.107. The summed E-state index contributed by atoms with van der Waals surface area (Å²) in [5.41, 5.74) is 3.30. The molecule has 1 aromatic heterocycles. The van der Waals surface area contributed by atoms with E-state index in [-0.39, 0.29) is 23.5 Å². The lowest BCUT2D eigenvalue weighted by Gasteiger charge is -2.24. The first-order valence-electron chi connectivity index (χ1n) is 8.54. The summed E-state index contributed by atoms with van der Waals surface area (Å²) in [6, 6.07) is 9.11. The zero-order valence-electron chi connectivity index (χ0n) is 15.2. The van der Waals surface area contributed by atoms with E-state index >= 15 is 0 Å². The smallest absolute Gasteiger partial charge is 0.255 e. The molecule has 2 aromatic rings. The molecule has 0 aliphatic carbocycles. The van der Waals surface area contributed by atoms with Gasteiger partial charge < -0.3 is 10.2 Å². The molecule has 26 heavy (non-hydrogen) atoms. The third-order valence-electron chi connectivity index (χ3n) is 4.84. The van der Waals surface area contributed by atoms with Gasteiger partial charge in [-0.15, -0.1) is 0 Å². The number of aromatic nitrogens is 1. The first kappa shape index (κ1) is 18.4. The summed E-state index contributed by atoms with van der Waals surface area (Å²) in [7, 11) is -1.15. The highest BCUT2D eigenvalue weighted by Gasteiger charge is 2.31. The number of carbonyl (C=O) groups is 1. The summed E-state index contributed by atoms with van der Waals surface area (Å²) in [5.74, 6) is 0.721. The summed E-state index contributed by atoms with van der Waals surface area (Å²) < 4.78 is 23.4. The molecule has 1 aliphatic rings. The van der Waals surface area contributed by atoms with E-state index in [9.17, 15) is 13.2 Å². The van der Waals surface area contributed by atoms with Crippen LogP contribution < -0.4 is 10.2 Å². The Bertz CT molecular complexity index is 921. The maximum Gasteiger partial charge on any atom is 0.255 e. The number of nitrogens with zero attached hydrogens (tertiary/aromatic N) is 2. The van der Waals surface area contributed by atoms with Gasteiger partial charge in [0.25, 0.3) is 5.91 Å². The number of hydrogen-bond acceptors (Lipinski definition) is 5. The number of nitrogens with one attached hydrogen (secondary N) is 1. The van der Waals surface area contributed by atoms with Crippen molar-refractivity contribution in [1.29, 1.82) is 0 Å². The molecule has 0 radical (unpaired) electrons. The lowest BCUT2D eigenvalue weighted by Crippen LogP contribution is -2.33. The van der Waals surface area contributed by atoms with Gasteiger partial charge >= 0.3 is 0 Å². The molecule has 1 atom stereocenters. The summed E-state index contributed by atoms with van der Waals surface area (Å²) in [6.45, 7) is 3.91. The number of sulfone groups is 1. The number of para-hydroxylation sites is 1. The third-order valence-corrected chi connectivity index (χ3v) is 6.60. The van der Waals surface area contributed by atoms with Crippen LogP contribution in [0, 0.1) is 13.8 Å². The number of benzene rings is 1. The van der Waals surface area contributed by atoms with Crippen molar-refractivity contribution in [1.82, 2.24) is 4.98 Å². The molecule has 3 rings (SSSR count). The highest BCUT2D eigenvalue weighted by Crippen LogP contribution is 2.23. The van der Waals surface area contributed by atoms with Crippen LogP contribution in [0.25, 0.3) is 0 Å². The van der Waals surface area contributed by atoms with Crippen molar-refractivity contribution in [2.24, 2.45) is 0 Å². The molecule has 1 unspecified atom stereocenters. The summed E-state index contributed by atoms with van der Waals surface area (Å²) in [6.07, 6.45) is 2.16. The van der Waals surface area contributed by atoms with Crippen molar-refractivity contribution in [2.75, 3.05) is 28.8 Å². The number of rotatable bonds is 4. The quantitative estimate of drug-likeness (QED) is 0.891. The van der Waals surface area contributed by atoms with Gasteiger partial charge in [-0.2, -0.15) is 0 Å². The minimum atomic E-state index is -2.97. The van der Waals surface area contributed by atoms with Crippen molar-refractivity contribution in [2.45, 2.75) is 26.3 Å². The van der Waals surface area contributed by atoms with E-state index in [2.05, 4.69) is 10.3 Å². The molecular weight excluding hydrogens is 350 g/mol. The number of hydrogen-bond donors (Lipinski definition) is 1. The van der Waals surface area contributed by atoms with E-state index < -0.39 is 9.84 Å². The van der Waals surface area contributed by atoms with Crippen LogP contribution in [-0.4, -0.2) is 43.9 Å². The van der Waals surface area contributed by atoms with Crippen LogP contribution in [0.1, 0.15) is 27.9 Å². The van der Waals surface area contributed by atoms with E-state index in [0.29, 0.717) is 17.8 Å². The second-order valence-electron chi connectivity index (χ2n) is 6.79. The van der Waals surface area contributed by atoms with Crippen LogP contribution in [0.4, 0.5) is 11.5 Å². The van der Waals surface area contributed by atoms with E-state index in [0.717, 1.165) is 16.8 Å². The van der Waals surface area contributed by atoms with E-state index in [4.69, 9.17) is 0 Å². The molecule has 2 heterocycles. The average Bonchev–Trinajstić information content (AvgIpc) is 2.97. The Morgan fingerprint density at radius 1 is 1.23 bits per heavy atom. The lowest BCUT2D eigenvalue weighted by molar-refractivity contribution is 0.102. The van der Waals surface area contributed by atoms with Crippen molar-refractivity contribution < 1.29 is 13.2 Å². The maximum absolute atomic E-state index is 12.7. The van der Waals surface area contributed by atoms with Gasteiger partial charge in [0.05, 0.1) is 11.5 Å². The monoisotopic (exact) mass is 373 g/mol. The Morgan fingerprint density at radius 3 is 2.54 bits per heavy atom. The molecule has 0 saturated carbocycles. The van der Waals surface area contributed by atoms with Gasteiger partial charge in [0.15, 0.2) is 9.84 Å². The Labute approximate surface area is 154 Å². The number of anilines is 2. The van der Waals surface area contributed by atoms with E-state index in [1.807, 2.05) is 44.0 Å². The molecule has 1 amide bonds. The second kappa shape index (κ2) is 7.07. The van der Waals surface area contributed by atoms with Crippen LogP contribution in [0.15, 0.2) is 36.5 Å². The van der Waals surface area contributed by atoms with Gasteiger partial charge in [-0.3, -0.25) is 4.79 Å². The van der Waals surface area contributed by atoms with Gasteiger partial charge in [0, 0.05) is 30.5 Å². The third kappa shape index (κ3) is 3.88. The largest absolute Gasteiger partial charge is 0.356 e. The van der Waals surface area contributed by atoms with Gasteiger partial charge in [-0.05, 0) is 43.5 Å². The van der Waals surface area contributed by atoms with Crippen LogP contribution in [-0.2, 0) is 9.84 Å². The second-order valence-corrected chi connectivity index (χ2v) is 9.02. The zero-order valence-corrected chi connectivity index (χ0v) is 16.0. The maximum atomic E-state index is 12.7. The average molecular weight is 373 g/mol. The normalized spacial score (nSPS) is 18.5. The standard InChI is InChI=1S/C19H23N3O3S/c1-13-5-4-6-14(2)18(13)21-19(23)15-7-9-20-17(11-15)22(3)16-8-10-26(24,25)12-16/h4-7,9,11,16H,8,10,12H2,1-3H3,(H,21,23). The molecule has 6 nitrogen and oxygen atoms in total. The van der Waals surface area contributed by atoms with Crippen LogP contribution >= 0.6 is 0 Å². The fourth-order valence-electron chi connectivity index (χ4n) is 3.22. The number of pyridine rings is 1. The molecule has 1 saturated heterocycles. The van der Waals surface area contributed by atoms with Crippen LogP contribution in [0.3, 0.4) is 0 Å². The van der Waals surface area contributed by atoms with Gasteiger partial charge in [0.1, 0.15) is 5.82 Å². The van der Waals surface area contributed by atoms with Gasteiger partial charge in [-0.1, -0.05) is 18.2 Å². The highest BCUT2D eigenvalue weighted by atomic mass is 32.2. The van der Waals surface area contributed by atoms with Crippen molar-refractivity contribution in [3.63, 3.8) is 0 Å². The number of carbonyl (C=O) groups excluding carboxylic acids is 1. The fraction of sp³-hybridized carbons (Fsp3) is 0.368. The predicted octanol–water partition coefficient (Wildman–Crippen LogP) is 2.57. The molecular formula is C19H23N3O3S. The van der Waals surface area contributed by atoms with E-state index in [1.165, 1.54) is 0 Å².